The van der Waals surface area contributed by atoms with Gasteiger partial charge in [0, 0.05) is 19.2 Å². The molecule has 1 aromatic rings. The minimum absolute atomic E-state index is 0.0589. The first-order valence-electron chi connectivity index (χ1n) is 5.02. The van der Waals surface area contributed by atoms with Crippen LogP contribution >= 0.6 is 0 Å². The molecular formula is C11H15F2N3. The van der Waals surface area contributed by atoms with Gasteiger partial charge in [-0.25, -0.2) is 8.78 Å². The van der Waals surface area contributed by atoms with Crippen molar-refractivity contribution in [2.75, 3.05) is 18.5 Å². The van der Waals surface area contributed by atoms with E-state index >= 15 is 0 Å². The lowest BCUT2D eigenvalue weighted by Crippen LogP contribution is -2.21. The van der Waals surface area contributed by atoms with Crippen molar-refractivity contribution in [2.45, 2.75) is 13.3 Å². The van der Waals surface area contributed by atoms with Gasteiger partial charge in [0.15, 0.2) is 0 Å². The average molecular weight is 227 g/mol. The van der Waals surface area contributed by atoms with Crippen molar-refractivity contribution in [3.63, 3.8) is 0 Å². The van der Waals surface area contributed by atoms with E-state index in [1.807, 2.05) is 6.92 Å². The molecule has 88 valence electrons. The van der Waals surface area contributed by atoms with E-state index < -0.39 is 11.6 Å². The molecule has 0 saturated heterocycles. The van der Waals surface area contributed by atoms with Gasteiger partial charge < -0.3 is 10.6 Å². The first kappa shape index (κ1) is 12.4. The van der Waals surface area contributed by atoms with Crippen LogP contribution in [0, 0.1) is 17.0 Å². The van der Waals surface area contributed by atoms with Crippen LogP contribution in [-0.2, 0) is 0 Å². The lowest BCUT2D eigenvalue weighted by molar-refractivity contribution is 0.575. The molecule has 3 N–H and O–H groups in total. The van der Waals surface area contributed by atoms with E-state index in [1.54, 1.807) is 7.05 Å². The molecule has 0 spiro atoms. The minimum atomic E-state index is -0.693. The second-order valence-electron chi connectivity index (χ2n) is 3.62. The van der Waals surface area contributed by atoms with Crippen molar-refractivity contribution in [1.82, 2.24) is 0 Å². The van der Waals surface area contributed by atoms with E-state index in [-0.39, 0.29) is 17.1 Å². The van der Waals surface area contributed by atoms with E-state index in [4.69, 9.17) is 11.1 Å². The number of nitrogens with zero attached hydrogens (tertiary/aromatic N) is 1. The molecule has 16 heavy (non-hydrogen) atoms. The maximum atomic E-state index is 13.6. The number of amidine groups is 1. The summed E-state index contributed by atoms with van der Waals surface area (Å²) in [6.45, 7) is 2.49. The van der Waals surface area contributed by atoms with Crippen molar-refractivity contribution in [1.29, 1.82) is 5.41 Å². The third-order valence-corrected chi connectivity index (χ3v) is 2.27. The molecule has 1 aromatic carbocycles. The summed E-state index contributed by atoms with van der Waals surface area (Å²) in [6.07, 6.45) is 0.795. The second kappa shape index (κ2) is 4.92. The smallest absolute Gasteiger partial charge is 0.150 e. The molecule has 0 heterocycles. The fourth-order valence-electron chi connectivity index (χ4n) is 1.53. The number of rotatable bonds is 4. The van der Waals surface area contributed by atoms with Gasteiger partial charge in [0.05, 0.1) is 0 Å². The molecule has 0 aliphatic carbocycles. The summed E-state index contributed by atoms with van der Waals surface area (Å²) in [5.41, 5.74) is 5.15. The molecule has 1 rings (SSSR count). The van der Waals surface area contributed by atoms with Gasteiger partial charge in [-0.15, -0.1) is 0 Å². The van der Waals surface area contributed by atoms with Crippen LogP contribution in [0.15, 0.2) is 12.1 Å². The molecule has 0 amide bonds. The number of nitrogens with two attached hydrogens (primary N) is 1. The van der Waals surface area contributed by atoms with E-state index in [0.717, 1.165) is 18.6 Å². The Kier molecular flexibility index (Phi) is 3.82. The Morgan fingerprint density at radius 1 is 1.38 bits per heavy atom. The number of halogens is 2. The fourth-order valence-corrected chi connectivity index (χ4v) is 1.53. The Morgan fingerprint density at radius 3 is 2.25 bits per heavy atom. The summed E-state index contributed by atoms with van der Waals surface area (Å²) in [4.78, 5) is 1.51. The van der Waals surface area contributed by atoms with Crippen LogP contribution in [0.5, 0.6) is 0 Å². The topological polar surface area (TPSA) is 53.1 Å². The maximum Gasteiger partial charge on any atom is 0.150 e. The number of benzene rings is 1. The normalized spacial score (nSPS) is 10.2. The first-order valence-corrected chi connectivity index (χ1v) is 5.02. The van der Waals surface area contributed by atoms with Crippen LogP contribution < -0.4 is 10.6 Å². The Labute approximate surface area is 93.4 Å². The van der Waals surface area contributed by atoms with E-state index in [1.165, 1.54) is 4.90 Å². The summed E-state index contributed by atoms with van der Waals surface area (Å²) < 4.78 is 27.2. The summed E-state index contributed by atoms with van der Waals surface area (Å²) >= 11 is 0. The van der Waals surface area contributed by atoms with Gasteiger partial charge in [-0.05, 0) is 18.6 Å². The Balaban J connectivity index is 3.17. The Bertz CT molecular complexity index is 381. The zero-order valence-electron chi connectivity index (χ0n) is 9.35. The molecule has 3 nitrogen and oxygen atoms in total. The predicted molar refractivity (Wildman–Crippen MR) is 60.9 cm³/mol. The third-order valence-electron chi connectivity index (χ3n) is 2.27. The predicted octanol–water partition coefficient (Wildman–Crippen LogP) is 2.10. The largest absolute Gasteiger partial charge is 0.384 e. The lowest BCUT2D eigenvalue weighted by atomic mass is 10.1. The van der Waals surface area contributed by atoms with Crippen molar-refractivity contribution >= 4 is 11.5 Å². The van der Waals surface area contributed by atoms with E-state index in [2.05, 4.69) is 0 Å². The van der Waals surface area contributed by atoms with Crippen LogP contribution in [0.3, 0.4) is 0 Å². The van der Waals surface area contributed by atoms with Gasteiger partial charge >= 0.3 is 0 Å². The van der Waals surface area contributed by atoms with Gasteiger partial charge in [0.25, 0.3) is 0 Å². The van der Waals surface area contributed by atoms with E-state index in [0.29, 0.717) is 6.54 Å². The Hall–Kier alpha value is -1.65. The van der Waals surface area contributed by atoms with Crippen LogP contribution in [0.4, 0.5) is 14.5 Å². The standard InChI is InChI=1S/C11H15F2N3/c1-3-4-16(2)10-8(12)5-7(11(14)15)6-9(10)13/h5-6H,3-4H2,1-2H3,(H3,14,15). The summed E-state index contributed by atoms with van der Waals surface area (Å²) in [7, 11) is 1.62. The van der Waals surface area contributed by atoms with Crippen LogP contribution in [0.2, 0.25) is 0 Å². The number of nitrogen functional groups attached to an aromatic ring is 1. The number of nitrogens with one attached hydrogen (secondary N) is 1. The van der Waals surface area contributed by atoms with Crippen molar-refractivity contribution in [2.24, 2.45) is 5.73 Å². The molecule has 0 saturated carbocycles. The van der Waals surface area contributed by atoms with Crippen LogP contribution in [-0.4, -0.2) is 19.4 Å². The van der Waals surface area contributed by atoms with Crippen LogP contribution in [0.25, 0.3) is 0 Å². The maximum absolute atomic E-state index is 13.6. The number of anilines is 1. The van der Waals surface area contributed by atoms with Crippen molar-refractivity contribution < 1.29 is 8.78 Å². The molecule has 0 unspecified atom stereocenters. The first-order chi connectivity index (χ1) is 7.47. The molecule has 0 aliphatic heterocycles. The lowest BCUT2D eigenvalue weighted by Gasteiger charge is -2.20. The quantitative estimate of drug-likeness (QED) is 0.611. The van der Waals surface area contributed by atoms with Crippen molar-refractivity contribution in [3.8, 4) is 0 Å². The monoisotopic (exact) mass is 227 g/mol. The minimum Gasteiger partial charge on any atom is -0.384 e. The molecular weight excluding hydrogens is 212 g/mol. The second-order valence-corrected chi connectivity index (χ2v) is 3.62. The molecule has 0 atom stereocenters. The molecule has 0 radical (unpaired) electrons. The van der Waals surface area contributed by atoms with Crippen LogP contribution in [0.1, 0.15) is 18.9 Å². The highest BCUT2D eigenvalue weighted by molar-refractivity contribution is 5.95. The summed E-state index contributed by atoms with van der Waals surface area (Å²) in [5.74, 6) is -1.73. The van der Waals surface area contributed by atoms with Gasteiger partial charge in [0.2, 0.25) is 0 Å². The van der Waals surface area contributed by atoms with Gasteiger partial charge in [-0.2, -0.15) is 0 Å². The zero-order valence-corrected chi connectivity index (χ0v) is 9.35. The van der Waals surface area contributed by atoms with E-state index in [9.17, 15) is 8.78 Å². The molecule has 5 heteroatoms. The molecule has 0 bridgehead atoms. The zero-order chi connectivity index (χ0) is 12.3. The van der Waals surface area contributed by atoms with Crippen molar-refractivity contribution in [3.05, 3.63) is 29.3 Å². The summed E-state index contributed by atoms with van der Waals surface area (Å²) in [6, 6.07) is 2.15. The fraction of sp³-hybridized carbons (Fsp3) is 0.364. The average Bonchev–Trinajstić information content (AvgIpc) is 2.16. The molecule has 0 aromatic heterocycles. The highest BCUT2D eigenvalue weighted by Crippen LogP contribution is 2.24. The SMILES string of the molecule is CCCN(C)c1c(F)cc(C(=N)N)cc1F. The third kappa shape index (κ3) is 2.48. The molecule has 0 fully saturated rings. The highest BCUT2D eigenvalue weighted by Gasteiger charge is 2.15. The van der Waals surface area contributed by atoms with Gasteiger partial charge in [0.1, 0.15) is 23.2 Å². The van der Waals surface area contributed by atoms with Gasteiger partial charge in [-0.3, -0.25) is 5.41 Å². The Morgan fingerprint density at radius 2 is 1.88 bits per heavy atom. The summed E-state index contributed by atoms with van der Waals surface area (Å²) in [5, 5.41) is 7.12. The number of hydrogen-bond donors (Lipinski definition) is 2. The number of hydrogen-bond acceptors (Lipinski definition) is 2. The van der Waals surface area contributed by atoms with Gasteiger partial charge in [-0.1, -0.05) is 6.92 Å². The highest BCUT2D eigenvalue weighted by atomic mass is 19.1. The molecule has 0 aliphatic rings.